The fraction of sp³-hybridized carbons (Fsp3) is 0.286. The van der Waals surface area contributed by atoms with Crippen LogP contribution in [0.5, 0.6) is 0 Å². The Bertz CT molecular complexity index is 1160. The molecule has 0 bridgehead atoms. The number of carbonyl (C=O) groups excluding carboxylic acids is 3. The zero-order valence-electron chi connectivity index (χ0n) is 17.4. The molecule has 1 aliphatic rings. The van der Waals surface area contributed by atoms with Crippen molar-refractivity contribution in [2.75, 3.05) is 40.4 Å². The Morgan fingerprint density at radius 3 is 2.12 bits per heavy atom. The monoisotopic (exact) mass is 480 g/mol. The van der Waals surface area contributed by atoms with E-state index in [1.54, 1.807) is 24.3 Å². The van der Waals surface area contributed by atoms with Gasteiger partial charge in [-0.2, -0.15) is 4.31 Å². The highest BCUT2D eigenvalue weighted by molar-refractivity contribution is 7.89. The van der Waals surface area contributed by atoms with Crippen molar-refractivity contribution in [2.24, 2.45) is 0 Å². The number of methoxy groups -OCH3 is 2. The quantitative estimate of drug-likeness (QED) is 0.602. The number of ether oxygens (including phenoxy) is 2. The molecule has 0 unspecified atom stereocenters. The van der Waals surface area contributed by atoms with Crippen LogP contribution in [0.4, 0.5) is 0 Å². The van der Waals surface area contributed by atoms with E-state index in [9.17, 15) is 22.8 Å². The van der Waals surface area contributed by atoms with E-state index in [4.69, 9.17) is 16.3 Å². The molecule has 0 saturated carbocycles. The molecule has 0 radical (unpaired) electrons. The smallest absolute Gasteiger partial charge is 0.339 e. The van der Waals surface area contributed by atoms with Crippen LogP contribution in [-0.2, 0) is 19.5 Å². The van der Waals surface area contributed by atoms with Gasteiger partial charge in [0.05, 0.1) is 30.2 Å². The lowest BCUT2D eigenvalue weighted by molar-refractivity contribution is 0.0583. The first-order valence-electron chi connectivity index (χ1n) is 9.54. The van der Waals surface area contributed by atoms with Crippen LogP contribution in [0.1, 0.15) is 31.1 Å². The molecule has 0 atom stereocenters. The topological polar surface area (TPSA) is 110 Å². The average Bonchev–Trinajstić information content (AvgIpc) is 2.82. The van der Waals surface area contributed by atoms with E-state index in [1.807, 2.05) is 0 Å². The van der Waals surface area contributed by atoms with Crippen molar-refractivity contribution in [3.05, 3.63) is 64.2 Å². The summed E-state index contributed by atoms with van der Waals surface area (Å²) in [5, 5.41) is 0.429. The first-order chi connectivity index (χ1) is 15.2. The molecule has 1 saturated heterocycles. The normalized spacial score (nSPS) is 14.7. The lowest BCUT2D eigenvalue weighted by atomic mass is 10.1. The fourth-order valence-corrected chi connectivity index (χ4v) is 5.15. The molecule has 9 nitrogen and oxygen atoms in total. The van der Waals surface area contributed by atoms with E-state index in [0.29, 0.717) is 10.6 Å². The van der Waals surface area contributed by atoms with Crippen LogP contribution in [0.2, 0.25) is 5.02 Å². The van der Waals surface area contributed by atoms with Gasteiger partial charge in [-0.3, -0.25) is 4.79 Å². The minimum atomic E-state index is -4.17. The van der Waals surface area contributed by atoms with E-state index in [-0.39, 0.29) is 48.1 Å². The van der Waals surface area contributed by atoms with Crippen molar-refractivity contribution in [1.29, 1.82) is 0 Å². The summed E-state index contributed by atoms with van der Waals surface area (Å²) in [6.07, 6.45) is 0. The van der Waals surface area contributed by atoms with Gasteiger partial charge in [0.15, 0.2) is 0 Å². The molecule has 0 N–H and O–H groups in total. The molecular formula is C21H21ClN2O7S. The SMILES string of the molecule is COC(=O)c1ccc(C(=O)OC)c(S(=O)(=O)N2CCN(C(=O)c3cccc(Cl)c3)CC2)c1. The minimum Gasteiger partial charge on any atom is -0.465 e. The largest absolute Gasteiger partial charge is 0.465 e. The highest BCUT2D eigenvalue weighted by Crippen LogP contribution is 2.25. The second kappa shape index (κ2) is 9.68. The van der Waals surface area contributed by atoms with Gasteiger partial charge in [-0.05, 0) is 36.4 Å². The average molecular weight is 481 g/mol. The maximum Gasteiger partial charge on any atom is 0.339 e. The summed E-state index contributed by atoms with van der Waals surface area (Å²) in [4.78, 5) is 37.9. The number of hydrogen-bond acceptors (Lipinski definition) is 7. The Hall–Kier alpha value is -2.95. The zero-order valence-corrected chi connectivity index (χ0v) is 19.0. The van der Waals surface area contributed by atoms with Crippen molar-refractivity contribution in [1.82, 2.24) is 9.21 Å². The number of carbonyl (C=O) groups is 3. The molecule has 32 heavy (non-hydrogen) atoms. The zero-order chi connectivity index (χ0) is 23.5. The summed E-state index contributed by atoms with van der Waals surface area (Å²) < 4.78 is 37.2. The van der Waals surface area contributed by atoms with E-state index in [0.717, 1.165) is 17.5 Å². The number of benzene rings is 2. The molecule has 1 fully saturated rings. The predicted molar refractivity (Wildman–Crippen MR) is 115 cm³/mol. The second-order valence-electron chi connectivity index (χ2n) is 6.90. The summed E-state index contributed by atoms with van der Waals surface area (Å²) in [6, 6.07) is 10.1. The van der Waals surface area contributed by atoms with Crippen LogP contribution in [0, 0.1) is 0 Å². The van der Waals surface area contributed by atoms with Gasteiger partial charge < -0.3 is 14.4 Å². The number of nitrogens with zero attached hydrogens (tertiary/aromatic N) is 2. The molecule has 0 aromatic heterocycles. The van der Waals surface area contributed by atoms with Crippen molar-refractivity contribution in [3.8, 4) is 0 Å². The molecule has 0 aliphatic carbocycles. The molecule has 1 heterocycles. The number of halogens is 1. The van der Waals surface area contributed by atoms with Crippen LogP contribution in [0.3, 0.4) is 0 Å². The third kappa shape index (κ3) is 4.77. The molecule has 2 aromatic carbocycles. The number of esters is 2. The second-order valence-corrected chi connectivity index (χ2v) is 9.24. The summed E-state index contributed by atoms with van der Waals surface area (Å²) in [5.41, 5.74) is 0.193. The third-order valence-electron chi connectivity index (χ3n) is 5.02. The number of piperazine rings is 1. The Labute approximate surface area is 190 Å². The standard InChI is InChI=1S/C21H21ClN2O7S/c1-30-20(26)15-6-7-17(21(27)31-2)18(13-15)32(28,29)24-10-8-23(9-11-24)19(25)14-4-3-5-16(22)12-14/h3-7,12-13H,8-11H2,1-2H3. The Morgan fingerprint density at radius 2 is 1.53 bits per heavy atom. The van der Waals surface area contributed by atoms with Gasteiger partial charge in [-0.15, -0.1) is 0 Å². The van der Waals surface area contributed by atoms with Crippen LogP contribution < -0.4 is 0 Å². The molecule has 1 aliphatic heterocycles. The van der Waals surface area contributed by atoms with Crippen molar-refractivity contribution >= 4 is 39.5 Å². The molecule has 11 heteroatoms. The molecule has 0 spiro atoms. The first-order valence-corrected chi connectivity index (χ1v) is 11.4. The maximum absolute atomic E-state index is 13.3. The summed E-state index contributed by atoms with van der Waals surface area (Å²) in [6.45, 7) is 0.319. The van der Waals surface area contributed by atoms with Crippen molar-refractivity contribution < 1.29 is 32.3 Å². The molecule has 3 rings (SSSR count). The fourth-order valence-electron chi connectivity index (χ4n) is 3.33. The molecule has 2 aromatic rings. The van der Waals surface area contributed by atoms with Crippen molar-refractivity contribution in [2.45, 2.75) is 4.90 Å². The molecule has 170 valence electrons. The first kappa shape index (κ1) is 23.7. The maximum atomic E-state index is 13.3. The summed E-state index contributed by atoms with van der Waals surface area (Å²) in [7, 11) is -1.87. The van der Waals surface area contributed by atoms with E-state index < -0.39 is 22.0 Å². The van der Waals surface area contributed by atoms with E-state index in [1.165, 1.54) is 24.1 Å². The van der Waals surface area contributed by atoms with E-state index in [2.05, 4.69) is 4.74 Å². The highest BCUT2D eigenvalue weighted by Gasteiger charge is 2.34. The minimum absolute atomic E-state index is 0.0116. The van der Waals surface area contributed by atoms with Crippen LogP contribution in [0.15, 0.2) is 47.4 Å². The Balaban J connectivity index is 1.85. The van der Waals surface area contributed by atoms with Crippen LogP contribution in [0.25, 0.3) is 0 Å². The number of sulfonamides is 1. The highest BCUT2D eigenvalue weighted by atomic mass is 35.5. The van der Waals surface area contributed by atoms with Gasteiger partial charge in [-0.25, -0.2) is 18.0 Å². The summed E-state index contributed by atoms with van der Waals surface area (Å²) >= 11 is 5.95. The lowest BCUT2D eigenvalue weighted by Crippen LogP contribution is -2.50. The van der Waals surface area contributed by atoms with E-state index >= 15 is 0 Å². The molecule has 1 amide bonds. The van der Waals surface area contributed by atoms with Crippen molar-refractivity contribution in [3.63, 3.8) is 0 Å². The Kier molecular flexibility index (Phi) is 7.17. The van der Waals surface area contributed by atoms with Gasteiger partial charge in [0, 0.05) is 36.8 Å². The van der Waals surface area contributed by atoms with Gasteiger partial charge in [-0.1, -0.05) is 17.7 Å². The summed E-state index contributed by atoms with van der Waals surface area (Å²) in [5.74, 6) is -1.85. The predicted octanol–water partition coefficient (Wildman–Crippen LogP) is 2.06. The van der Waals surface area contributed by atoms with Gasteiger partial charge >= 0.3 is 11.9 Å². The van der Waals surface area contributed by atoms with Crippen LogP contribution in [-0.4, -0.2) is 75.9 Å². The number of rotatable bonds is 5. The number of hydrogen-bond donors (Lipinski definition) is 0. The van der Waals surface area contributed by atoms with Gasteiger partial charge in [0.2, 0.25) is 10.0 Å². The molecular weight excluding hydrogens is 460 g/mol. The Morgan fingerprint density at radius 1 is 0.875 bits per heavy atom. The van der Waals surface area contributed by atoms with Crippen LogP contribution >= 0.6 is 11.6 Å². The number of amides is 1. The van der Waals surface area contributed by atoms with Gasteiger partial charge in [0.1, 0.15) is 0 Å². The third-order valence-corrected chi connectivity index (χ3v) is 7.20. The lowest BCUT2D eigenvalue weighted by Gasteiger charge is -2.34. The van der Waals surface area contributed by atoms with Gasteiger partial charge in [0.25, 0.3) is 5.91 Å².